The highest BCUT2D eigenvalue weighted by Gasteiger charge is 2.11. The molecule has 0 spiro atoms. The lowest BCUT2D eigenvalue weighted by Gasteiger charge is -2.15. The van der Waals surface area contributed by atoms with E-state index in [9.17, 15) is 4.79 Å². The number of benzene rings is 3. The van der Waals surface area contributed by atoms with Gasteiger partial charge in [-0.1, -0.05) is 41.9 Å². The third-order valence-corrected chi connectivity index (χ3v) is 6.54. The molecule has 1 N–H and O–H groups in total. The summed E-state index contributed by atoms with van der Waals surface area (Å²) in [5.74, 6) is 1.53. The quantitative estimate of drug-likeness (QED) is 0.252. The van der Waals surface area contributed by atoms with Gasteiger partial charge in [0.2, 0.25) is 0 Å². The van der Waals surface area contributed by atoms with Gasteiger partial charge < -0.3 is 10.1 Å². The van der Waals surface area contributed by atoms with E-state index in [0.717, 1.165) is 32.1 Å². The topological polar surface area (TPSA) is 38.3 Å². The maximum atomic E-state index is 11.5. The summed E-state index contributed by atoms with van der Waals surface area (Å²) in [5.41, 5.74) is 3.77. The number of thioether (sulfide) groups is 1. The number of halogens is 2. The molecule has 0 fully saturated rings. The minimum atomic E-state index is -0.00689. The average Bonchev–Trinajstić information content (AvgIpc) is 2.75. The number of ketones is 1. The maximum absolute atomic E-state index is 11.5. The molecule has 0 aliphatic carbocycles. The summed E-state index contributed by atoms with van der Waals surface area (Å²) < 4.78 is 6.24. The second-order valence-electron chi connectivity index (χ2n) is 6.56. The van der Waals surface area contributed by atoms with Crippen molar-refractivity contribution in [3.63, 3.8) is 0 Å². The number of rotatable bonds is 8. The number of hydrogen-bond acceptors (Lipinski definition) is 4. The fraction of sp³-hybridized carbons (Fsp3) is 0.125. The van der Waals surface area contributed by atoms with Crippen molar-refractivity contribution in [3.05, 3.63) is 87.4 Å². The van der Waals surface area contributed by atoms with Gasteiger partial charge in [0.1, 0.15) is 5.75 Å². The summed E-state index contributed by atoms with van der Waals surface area (Å²) in [7, 11) is 1.61. The van der Waals surface area contributed by atoms with Crippen LogP contribution in [0.2, 0.25) is 5.02 Å². The standard InChI is InChI=1S/C24H21BrClNO2S/c1-16(28)8-9-18-12-19(30-15-17-6-4-3-5-7-17)10-11-22(18)27-23-14-21(26)20(25)13-24(23)29-2/h3-14,27H,15H2,1-2H3/b9-8+. The molecule has 154 valence electrons. The van der Waals surface area contributed by atoms with E-state index in [1.807, 2.05) is 36.4 Å². The van der Waals surface area contributed by atoms with Crippen LogP contribution < -0.4 is 10.1 Å². The lowest BCUT2D eigenvalue weighted by atomic mass is 10.1. The van der Waals surface area contributed by atoms with Gasteiger partial charge >= 0.3 is 0 Å². The van der Waals surface area contributed by atoms with Crippen molar-refractivity contribution in [2.24, 2.45) is 0 Å². The number of ether oxygens (including phenoxy) is 1. The fourth-order valence-electron chi connectivity index (χ4n) is 2.77. The summed E-state index contributed by atoms with van der Waals surface area (Å²) in [6, 6.07) is 20.1. The monoisotopic (exact) mass is 501 g/mol. The second-order valence-corrected chi connectivity index (χ2v) is 8.87. The number of anilines is 2. The molecule has 0 aliphatic heterocycles. The van der Waals surface area contributed by atoms with Gasteiger partial charge in [0.15, 0.2) is 5.78 Å². The Hall–Kier alpha value is -2.21. The molecule has 0 radical (unpaired) electrons. The van der Waals surface area contributed by atoms with E-state index in [0.29, 0.717) is 10.8 Å². The van der Waals surface area contributed by atoms with E-state index in [2.05, 4.69) is 45.5 Å². The Labute approximate surface area is 194 Å². The number of methoxy groups -OCH3 is 1. The largest absolute Gasteiger partial charge is 0.495 e. The third-order valence-electron chi connectivity index (χ3n) is 4.28. The molecule has 0 saturated heterocycles. The van der Waals surface area contributed by atoms with Gasteiger partial charge in [-0.15, -0.1) is 11.8 Å². The molecule has 3 aromatic rings. The number of allylic oxidation sites excluding steroid dienone is 1. The van der Waals surface area contributed by atoms with Crippen molar-refractivity contribution in [2.75, 3.05) is 12.4 Å². The highest BCUT2D eigenvalue weighted by atomic mass is 79.9. The third kappa shape index (κ3) is 6.14. The molecule has 3 nitrogen and oxygen atoms in total. The molecule has 3 aromatic carbocycles. The van der Waals surface area contributed by atoms with Gasteiger partial charge in [-0.3, -0.25) is 4.79 Å². The van der Waals surface area contributed by atoms with Crippen molar-refractivity contribution < 1.29 is 9.53 Å². The van der Waals surface area contributed by atoms with Gasteiger partial charge in [-0.25, -0.2) is 0 Å². The smallest absolute Gasteiger partial charge is 0.152 e. The van der Waals surface area contributed by atoms with Crippen LogP contribution in [0, 0.1) is 0 Å². The first-order valence-corrected chi connectivity index (χ1v) is 11.4. The van der Waals surface area contributed by atoms with Crippen molar-refractivity contribution in [3.8, 4) is 5.75 Å². The van der Waals surface area contributed by atoms with Gasteiger partial charge in [-0.05, 0) is 76.5 Å². The number of nitrogens with one attached hydrogen (secondary N) is 1. The normalized spacial score (nSPS) is 10.9. The summed E-state index contributed by atoms with van der Waals surface area (Å²) in [6.45, 7) is 1.54. The van der Waals surface area contributed by atoms with E-state index in [1.54, 1.807) is 31.0 Å². The Balaban J connectivity index is 1.90. The zero-order chi connectivity index (χ0) is 21.5. The van der Waals surface area contributed by atoms with Crippen LogP contribution in [-0.4, -0.2) is 12.9 Å². The number of carbonyl (C=O) groups excluding carboxylic acids is 1. The highest BCUT2D eigenvalue weighted by Crippen LogP contribution is 2.37. The first-order chi connectivity index (χ1) is 14.5. The highest BCUT2D eigenvalue weighted by molar-refractivity contribution is 9.10. The van der Waals surface area contributed by atoms with E-state index in [-0.39, 0.29) is 5.78 Å². The fourth-order valence-corrected chi connectivity index (χ4v) is 4.16. The Bertz CT molecular complexity index is 1070. The van der Waals surface area contributed by atoms with Crippen LogP contribution >= 0.6 is 39.3 Å². The second kappa shape index (κ2) is 10.7. The van der Waals surface area contributed by atoms with Crippen LogP contribution in [0.1, 0.15) is 18.1 Å². The van der Waals surface area contributed by atoms with E-state index in [1.165, 1.54) is 12.5 Å². The molecule has 30 heavy (non-hydrogen) atoms. The maximum Gasteiger partial charge on any atom is 0.152 e. The molecule has 0 unspecified atom stereocenters. The molecule has 0 bridgehead atoms. The van der Waals surface area contributed by atoms with E-state index >= 15 is 0 Å². The van der Waals surface area contributed by atoms with Crippen LogP contribution in [0.5, 0.6) is 5.75 Å². The molecule has 0 amide bonds. The first-order valence-electron chi connectivity index (χ1n) is 9.25. The SMILES string of the molecule is COc1cc(Br)c(Cl)cc1Nc1ccc(SCc2ccccc2)cc1/C=C/C(C)=O. The zero-order valence-electron chi connectivity index (χ0n) is 16.6. The predicted octanol–water partition coefficient (Wildman–Crippen LogP) is 7.75. The van der Waals surface area contributed by atoms with Gasteiger partial charge in [0.25, 0.3) is 0 Å². The van der Waals surface area contributed by atoms with Crippen molar-refractivity contribution in [1.82, 2.24) is 0 Å². The molecular weight excluding hydrogens is 482 g/mol. The van der Waals surface area contributed by atoms with E-state index in [4.69, 9.17) is 16.3 Å². The van der Waals surface area contributed by atoms with Gasteiger partial charge in [-0.2, -0.15) is 0 Å². The van der Waals surface area contributed by atoms with Crippen LogP contribution in [0.25, 0.3) is 6.08 Å². The molecule has 6 heteroatoms. The van der Waals surface area contributed by atoms with Crippen LogP contribution in [0.3, 0.4) is 0 Å². The van der Waals surface area contributed by atoms with Crippen molar-refractivity contribution in [1.29, 1.82) is 0 Å². The minimum absolute atomic E-state index is 0.00689. The van der Waals surface area contributed by atoms with Gasteiger partial charge in [0.05, 0.1) is 17.8 Å². The first kappa shape index (κ1) is 22.5. The summed E-state index contributed by atoms with van der Waals surface area (Å²) in [5, 5.41) is 3.96. The molecular formula is C24H21BrClNO2S. The molecule has 0 heterocycles. The predicted molar refractivity (Wildman–Crippen MR) is 131 cm³/mol. The van der Waals surface area contributed by atoms with Gasteiger partial charge in [0, 0.05) is 20.8 Å². The van der Waals surface area contributed by atoms with Crippen molar-refractivity contribution in [2.45, 2.75) is 17.6 Å². The minimum Gasteiger partial charge on any atom is -0.495 e. The summed E-state index contributed by atoms with van der Waals surface area (Å²) in [6.07, 6.45) is 3.39. The Morgan fingerprint density at radius 1 is 1.13 bits per heavy atom. The van der Waals surface area contributed by atoms with Crippen LogP contribution in [0.4, 0.5) is 11.4 Å². The molecule has 0 saturated carbocycles. The van der Waals surface area contributed by atoms with Crippen molar-refractivity contribution >= 4 is 62.5 Å². The van der Waals surface area contributed by atoms with Crippen LogP contribution in [-0.2, 0) is 10.5 Å². The molecule has 0 aromatic heterocycles. The summed E-state index contributed by atoms with van der Waals surface area (Å²) in [4.78, 5) is 12.6. The number of hydrogen-bond donors (Lipinski definition) is 1. The zero-order valence-corrected chi connectivity index (χ0v) is 19.8. The summed E-state index contributed by atoms with van der Waals surface area (Å²) >= 11 is 11.4. The average molecular weight is 503 g/mol. The lowest BCUT2D eigenvalue weighted by Crippen LogP contribution is -1.97. The Morgan fingerprint density at radius 2 is 1.90 bits per heavy atom. The number of carbonyl (C=O) groups is 1. The Morgan fingerprint density at radius 3 is 2.60 bits per heavy atom. The molecule has 0 atom stereocenters. The molecule has 3 rings (SSSR count). The van der Waals surface area contributed by atoms with E-state index < -0.39 is 0 Å². The molecule has 0 aliphatic rings. The lowest BCUT2D eigenvalue weighted by molar-refractivity contribution is -0.112. The Kier molecular flexibility index (Phi) is 8.02. The van der Waals surface area contributed by atoms with Crippen LogP contribution in [0.15, 0.2) is 76.1 Å².